The molecule has 142 valence electrons. The zero-order chi connectivity index (χ0) is 19.8. The number of fused-ring (bicyclic) bond motifs is 1. The molecule has 3 rings (SSSR count). The quantitative estimate of drug-likeness (QED) is 0.633. The van der Waals surface area contributed by atoms with Crippen molar-refractivity contribution in [1.29, 1.82) is 0 Å². The van der Waals surface area contributed by atoms with Crippen molar-refractivity contribution in [2.75, 3.05) is 0 Å². The Labute approximate surface area is 153 Å². The molecule has 3 aromatic rings. The summed E-state index contributed by atoms with van der Waals surface area (Å²) in [4.78, 5) is 11.5. The summed E-state index contributed by atoms with van der Waals surface area (Å²) in [6, 6.07) is 10.9. The maximum Gasteiger partial charge on any atom is 0.573 e. The molecule has 2 aromatic carbocycles. The van der Waals surface area contributed by atoms with Gasteiger partial charge < -0.3 is 14.4 Å². The Hall–Kier alpha value is -2.96. The average molecular weight is 377 g/mol. The van der Waals surface area contributed by atoms with Gasteiger partial charge in [0.05, 0.1) is 5.56 Å². The highest BCUT2D eigenvalue weighted by atomic mass is 19.4. The maximum absolute atomic E-state index is 12.3. The molecule has 0 radical (unpaired) electrons. The lowest BCUT2D eigenvalue weighted by molar-refractivity contribution is -0.274. The minimum absolute atomic E-state index is 0.228. The number of nitrogens with zero attached hydrogens (tertiary/aromatic N) is 1. The Bertz CT molecular complexity index is 973. The van der Waals surface area contributed by atoms with Gasteiger partial charge in [-0.1, -0.05) is 38.1 Å². The van der Waals surface area contributed by atoms with Gasteiger partial charge in [-0.05, 0) is 35.2 Å². The summed E-state index contributed by atoms with van der Waals surface area (Å²) >= 11 is 0. The first-order valence-electron chi connectivity index (χ1n) is 8.36. The standard InChI is InChI=1S/C20H18F3NO3/c1-12(2)10-24-11-17(19(25)26)16-8-5-14(9-18(16)24)13-3-6-15(7-4-13)27-20(21,22)23/h3-9,11-12H,10H2,1-2H3,(H,25,26). The minimum atomic E-state index is -4.73. The topological polar surface area (TPSA) is 51.5 Å². The Kier molecular flexibility index (Phi) is 4.87. The van der Waals surface area contributed by atoms with Crippen molar-refractivity contribution in [3.8, 4) is 16.9 Å². The number of hydrogen-bond donors (Lipinski definition) is 1. The van der Waals surface area contributed by atoms with Crippen molar-refractivity contribution in [2.45, 2.75) is 26.8 Å². The molecular formula is C20H18F3NO3. The third-order valence-corrected chi connectivity index (χ3v) is 4.10. The fraction of sp³-hybridized carbons (Fsp3) is 0.250. The number of carboxylic acids is 1. The van der Waals surface area contributed by atoms with Gasteiger partial charge in [-0.15, -0.1) is 13.2 Å². The van der Waals surface area contributed by atoms with Crippen LogP contribution in [-0.4, -0.2) is 22.0 Å². The van der Waals surface area contributed by atoms with Crippen LogP contribution < -0.4 is 4.74 Å². The lowest BCUT2D eigenvalue weighted by Gasteiger charge is -2.11. The van der Waals surface area contributed by atoms with E-state index in [9.17, 15) is 23.1 Å². The summed E-state index contributed by atoms with van der Waals surface area (Å²) in [5, 5.41) is 10.0. The van der Waals surface area contributed by atoms with Crippen LogP contribution in [-0.2, 0) is 6.54 Å². The monoisotopic (exact) mass is 377 g/mol. The molecule has 0 aliphatic heterocycles. The van der Waals surface area contributed by atoms with Crippen LogP contribution in [0.2, 0.25) is 0 Å². The van der Waals surface area contributed by atoms with Crippen LogP contribution in [0, 0.1) is 5.92 Å². The van der Waals surface area contributed by atoms with E-state index < -0.39 is 12.3 Å². The molecule has 0 aliphatic rings. The Morgan fingerprint density at radius 2 is 1.74 bits per heavy atom. The van der Waals surface area contributed by atoms with Crippen LogP contribution in [0.3, 0.4) is 0 Å². The molecule has 7 heteroatoms. The molecule has 0 unspecified atom stereocenters. The second-order valence-corrected chi connectivity index (χ2v) is 6.70. The van der Waals surface area contributed by atoms with Crippen LogP contribution >= 0.6 is 0 Å². The lowest BCUT2D eigenvalue weighted by Crippen LogP contribution is -2.16. The molecule has 1 heterocycles. The van der Waals surface area contributed by atoms with Gasteiger partial charge in [0.2, 0.25) is 0 Å². The number of ether oxygens (including phenoxy) is 1. The number of aromatic carboxylic acids is 1. The zero-order valence-electron chi connectivity index (χ0n) is 14.7. The van der Waals surface area contributed by atoms with Gasteiger partial charge in [-0.25, -0.2) is 4.79 Å². The van der Waals surface area contributed by atoms with Gasteiger partial charge in [-0.3, -0.25) is 0 Å². The number of carbonyl (C=O) groups is 1. The van der Waals surface area contributed by atoms with Crippen LogP contribution in [0.5, 0.6) is 5.75 Å². The third kappa shape index (κ3) is 4.24. The van der Waals surface area contributed by atoms with Crippen molar-refractivity contribution in [2.24, 2.45) is 5.92 Å². The molecule has 0 saturated carbocycles. The smallest absolute Gasteiger partial charge is 0.478 e. The number of alkyl halides is 3. The Morgan fingerprint density at radius 1 is 1.11 bits per heavy atom. The maximum atomic E-state index is 12.3. The number of aromatic nitrogens is 1. The Balaban J connectivity index is 2.01. The summed E-state index contributed by atoms with van der Waals surface area (Å²) in [7, 11) is 0. The number of benzene rings is 2. The molecule has 0 spiro atoms. The van der Waals surface area contributed by atoms with Gasteiger partial charge in [0.25, 0.3) is 0 Å². The molecule has 0 aliphatic carbocycles. The SMILES string of the molecule is CC(C)Cn1cc(C(=O)O)c2ccc(-c3ccc(OC(F)(F)F)cc3)cc21. The van der Waals surface area contributed by atoms with E-state index >= 15 is 0 Å². The van der Waals surface area contributed by atoms with Gasteiger partial charge in [0.1, 0.15) is 5.75 Å². The van der Waals surface area contributed by atoms with Crippen molar-refractivity contribution in [1.82, 2.24) is 4.57 Å². The van der Waals surface area contributed by atoms with Crippen LogP contribution in [0.25, 0.3) is 22.0 Å². The van der Waals surface area contributed by atoms with Crippen LogP contribution in [0.1, 0.15) is 24.2 Å². The van der Waals surface area contributed by atoms with E-state index in [2.05, 4.69) is 4.74 Å². The normalized spacial score (nSPS) is 11.9. The van der Waals surface area contributed by atoms with Crippen molar-refractivity contribution in [3.63, 3.8) is 0 Å². The predicted molar refractivity (Wildman–Crippen MR) is 95.9 cm³/mol. The predicted octanol–water partition coefficient (Wildman–Crippen LogP) is 5.56. The van der Waals surface area contributed by atoms with E-state index in [0.29, 0.717) is 23.4 Å². The van der Waals surface area contributed by atoms with Gasteiger partial charge in [0, 0.05) is 23.6 Å². The number of carboxylic acid groups (broad SMARTS) is 1. The fourth-order valence-electron chi connectivity index (χ4n) is 3.04. The van der Waals surface area contributed by atoms with Crippen molar-refractivity contribution in [3.05, 3.63) is 54.2 Å². The summed E-state index contributed by atoms with van der Waals surface area (Å²) in [6.45, 7) is 4.73. The zero-order valence-corrected chi connectivity index (χ0v) is 14.7. The molecule has 27 heavy (non-hydrogen) atoms. The first kappa shape index (κ1) is 18.8. The van der Waals surface area contributed by atoms with Crippen LogP contribution in [0.15, 0.2) is 48.7 Å². The van der Waals surface area contributed by atoms with E-state index in [1.165, 1.54) is 24.3 Å². The molecule has 0 bridgehead atoms. The molecule has 0 fully saturated rings. The summed E-state index contributed by atoms with van der Waals surface area (Å²) in [5.74, 6) is -0.961. The molecule has 1 N–H and O–H groups in total. The first-order valence-corrected chi connectivity index (χ1v) is 8.36. The van der Waals surface area contributed by atoms with Gasteiger partial charge in [-0.2, -0.15) is 0 Å². The van der Waals surface area contributed by atoms with E-state index in [1.807, 2.05) is 24.5 Å². The van der Waals surface area contributed by atoms with E-state index in [4.69, 9.17) is 0 Å². The molecule has 4 nitrogen and oxygen atoms in total. The number of rotatable bonds is 5. The lowest BCUT2D eigenvalue weighted by atomic mass is 10.0. The van der Waals surface area contributed by atoms with E-state index in [-0.39, 0.29) is 11.3 Å². The first-order chi connectivity index (χ1) is 12.6. The van der Waals surface area contributed by atoms with Crippen molar-refractivity contribution >= 4 is 16.9 Å². The molecular weight excluding hydrogens is 359 g/mol. The van der Waals surface area contributed by atoms with Gasteiger partial charge >= 0.3 is 12.3 Å². The largest absolute Gasteiger partial charge is 0.573 e. The molecule has 1 aromatic heterocycles. The van der Waals surface area contributed by atoms with Crippen LogP contribution in [0.4, 0.5) is 13.2 Å². The number of hydrogen-bond acceptors (Lipinski definition) is 2. The second kappa shape index (κ2) is 6.98. The van der Waals surface area contributed by atoms with Crippen molar-refractivity contribution < 1.29 is 27.8 Å². The highest BCUT2D eigenvalue weighted by Crippen LogP contribution is 2.30. The highest BCUT2D eigenvalue weighted by Gasteiger charge is 2.31. The summed E-state index contributed by atoms with van der Waals surface area (Å²) < 4.78 is 42.6. The highest BCUT2D eigenvalue weighted by molar-refractivity contribution is 6.04. The fourth-order valence-corrected chi connectivity index (χ4v) is 3.04. The van der Waals surface area contributed by atoms with E-state index in [1.54, 1.807) is 18.3 Å². The number of halogens is 3. The molecule has 0 saturated heterocycles. The summed E-state index contributed by atoms with van der Waals surface area (Å²) in [5.41, 5.74) is 2.49. The van der Waals surface area contributed by atoms with Gasteiger partial charge in [0.15, 0.2) is 0 Å². The molecule has 0 amide bonds. The second-order valence-electron chi connectivity index (χ2n) is 6.70. The third-order valence-electron chi connectivity index (χ3n) is 4.10. The Morgan fingerprint density at radius 3 is 2.30 bits per heavy atom. The average Bonchev–Trinajstić information content (AvgIpc) is 2.92. The summed E-state index contributed by atoms with van der Waals surface area (Å²) in [6.07, 6.45) is -3.11. The molecule has 0 atom stereocenters. The minimum Gasteiger partial charge on any atom is -0.478 e. The van der Waals surface area contributed by atoms with E-state index in [0.717, 1.165) is 11.1 Å².